The van der Waals surface area contributed by atoms with Gasteiger partial charge in [-0.2, -0.15) is 5.10 Å². The molecule has 3 heteroatoms. The van der Waals surface area contributed by atoms with Gasteiger partial charge in [0.05, 0.1) is 11.7 Å². The number of aryl methyl sites for hydroxylation is 1. The molecule has 1 aliphatic rings. The van der Waals surface area contributed by atoms with Crippen LogP contribution in [0.1, 0.15) is 51.8 Å². The van der Waals surface area contributed by atoms with Crippen molar-refractivity contribution in [3.63, 3.8) is 0 Å². The molecule has 0 amide bonds. The van der Waals surface area contributed by atoms with Gasteiger partial charge < -0.3 is 5.32 Å². The Hall–Kier alpha value is -0.830. The van der Waals surface area contributed by atoms with Crippen LogP contribution in [0.15, 0.2) is 12.3 Å². The summed E-state index contributed by atoms with van der Waals surface area (Å²) >= 11 is 0. The summed E-state index contributed by atoms with van der Waals surface area (Å²) in [4.78, 5) is 0. The smallest absolute Gasteiger partial charge is 0.0559 e. The molecule has 1 aliphatic carbocycles. The van der Waals surface area contributed by atoms with Crippen molar-refractivity contribution in [3.8, 4) is 0 Å². The lowest BCUT2D eigenvalue weighted by Crippen LogP contribution is -2.30. The molecule has 16 heavy (non-hydrogen) atoms. The Morgan fingerprint density at radius 2 is 2.25 bits per heavy atom. The Kier molecular flexibility index (Phi) is 3.33. The zero-order valence-corrected chi connectivity index (χ0v) is 10.7. The fourth-order valence-electron chi connectivity index (χ4n) is 2.38. The molecule has 0 saturated heterocycles. The molecule has 1 fully saturated rings. The van der Waals surface area contributed by atoms with Crippen LogP contribution in [0, 0.1) is 5.41 Å². The van der Waals surface area contributed by atoms with Gasteiger partial charge in [0.2, 0.25) is 0 Å². The molecule has 1 aromatic rings. The van der Waals surface area contributed by atoms with Crippen LogP contribution >= 0.6 is 0 Å². The summed E-state index contributed by atoms with van der Waals surface area (Å²) in [6.07, 6.45) is 5.75. The van der Waals surface area contributed by atoms with Crippen LogP contribution in [0.4, 0.5) is 0 Å². The van der Waals surface area contributed by atoms with Gasteiger partial charge >= 0.3 is 0 Å². The van der Waals surface area contributed by atoms with Gasteiger partial charge in [0.25, 0.3) is 0 Å². The van der Waals surface area contributed by atoms with E-state index in [2.05, 4.69) is 41.9 Å². The van der Waals surface area contributed by atoms with Crippen LogP contribution in [-0.2, 0) is 6.54 Å². The molecule has 1 aromatic heterocycles. The van der Waals surface area contributed by atoms with E-state index in [1.165, 1.54) is 18.5 Å². The van der Waals surface area contributed by atoms with Gasteiger partial charge in [-0.05, 0) is 37.3 Å². The van der Waals surface area contributed by atoms with Crippen LogP contribution in [0.3, 0.4) is 0 Å². The third kappa shape index (κ3) is 2.14. The minimum absolute atomic E-state index is 0.460. The molecule has 2 rings (SSSR count). The van der Waals surface area contributed by atoms with E-state index in [0.29, 0.717) is 11.5 Å². The molecule has 3 nitrogen and oxygen atoms in total. The second-order valence-electron chi connectivity index (χ2n) is 5.12. The lowest BCUT2D eigenvalue weighted by atomic mass is 9.95. The summed E-state index contributed by atoms with van der Waals surface area (Å²) < 4.78 is 2.16. The standard InChI is InChI=1S/C13H23N3/c1-4-10-16-11(6-9-15-16)12(14-5-2)13(3)7-8-13/h6,9,12,14H,4-5,7-8,10H2,1-3H3. The Labute approximate surface area is 98.2 Å². The molecule has 1 N–H and O–H groups in total. The second kappa shape index (κ2) is 4.58. The van der Waals surface area contributed by atoms with Gasteiger partial charge in [0, 0.05) is 12.7 Å². The number of hydrogen-bond acceptors (Lipinski definition) is 2. The maximum atomic E-state index is 4.43. The van der Waals surface area contributed by atoms with Crippen LogP contribution in [-0.4, -0.2) is 16.3 Å². The second-order valence-corrected chi connectivity index (χ2v) is 5.12. The highest BCUT2D eigenvalue weighted by molar-refractivity contribution is 5.15. The Bertz CT molecular complexity index is 339. The summed E-state index contributed by atoms with van der Waals surface area (Å²) in [5, 5.41) is 8.05. The van der Waals surface area contributed by atoms with Gasteiger partial charge in [-0.1, -0.05) is 20.8 Å². The number of rotatable bonds is 6. The predicted molar refractivity (Wildman–Crippen MR) is 66.3 cm³/mol. The largest absolute Gasteiger partial charge is 0.308 e. The van der Waals surface area contributed by atoms with Crippen LogP contribution in [0.25, 0.3) is 0 Å². The minimum atomic E-state index is 0.460. The van der Waals surface area contributed by atoms with E-state index in [4.69, 9.17) is 0 Å². The van der Waals surface area contributed by atoms with E-state index >= 15 is 0 Å². The molecular formula is C13H23N3. The molecule has 90 valence electrons. The zero-order valence-electron chi connectivity index (χ0n) is 10.7. The average molecular weight is 221 g/mol. The Balaban J connectivity index is 2.20. The van der Waals surface area contributed by atoms with Crippen molar-refractivity contribution in [2.24, 2.45) is 5.41 Å². The molecule has 1 atom stereocenters. The van der Waals surface area contributed by atoms with Crippen molar-refractivity contribution in [3.05, 3.63) is 18.0 Å². The maximum absolute atomic E-state index is 4.43. The number of aromatic nitrogens is 2. The summed E-state index contributed by atoms with van der Waals surface area (Å²) in [5.74, 6) is 0. The first-order valence-electron chi connectivity index (χ1n) is 6.46. The highest BCUT2D eigenvalue weighted by Crippen LogP contribution is 2.54. The molecule has 0 radical (unpaired) electrons. The quantitative estimate of drug-likeness (QED) is 0.800. The molecule has 0 spiro atoms. The average Bonchev–Trinajstić information content (AvgIpc) is 2.85. The molecule has 1 unspecified atom stereocenters. The molecule has 0 aromatic carbocycles. The molecule has 0 aliphatic heterocycles. The van der Waals surface area contributed by atoms with E-state index in [-0.39, 0.29) is 0 Å². The van der Waals surface area contributed by atoms with Gasteiger partial charge in [-0.3, -0.25) is 4.68 Å². The minimum Gasteiger partial charge on any atom is -0.308 e. The zero-order chi connectivity index (χ0) is 11.6. The van der Waals surface area contributed by atoms with Crippen LogP contribution in [0.2, 0.25) is 0 Å². The van der Waals surface area contributed by atoms with E-state index in [9.17, 15) is 0 Å². The van der Waals surface area contributed by atoms with Gasteiger partial charge in [0.1, 0.15) is 0 Å². The Morgan fingerprint density at radius 1 is 1.50 bits per heavy atom. The van der Waals surface area contributed by atoms with Gasteiger partial charge in [-0.25, -0.2) is 0 Å². The summed E-state index contributed by atoms with van der Waals surface area (Å²) in [6, 6.07) is 2.65. The van der Waals surface area contributed by atoms with Crippen LogP contribution < -0.4 is 5.32 Å². The fraction of sp³-hybridized carbons (Fsp3) is 0.769. The molecular weight excluding hydrogens is 198 g/mol. The first kappa shape index (κ1) is 11.6. The third-order valence-electron chi connectivity index (χ3n) is 3.62. The van der Waals surface area contributed by atoms with Crippen molar-refractivity contribution < 1.29 is 0 Å². The first-order chi connectivity index (χ1) is 7.71. The molecule has 1 saturated carbocycles. The number of nitrogens with one attached hydrogen (secondary N) is 1. The molecule has 0 bridgehead atoms. The van der Waals surface area contributed by atoms with Crippen molar-refractivity contribution >= 4 is 0 Å². The highest BCUT2D eigenvalue weighted by Gasteiger charge is 2.46. The van der Waals surface area contributed by atoms with Crippen LogP contribution in [0.5, 0.6) is 0 Å². The van der Waals surface area contributed by atoms with Crippen molar-refractivity contribution in [2.45, 2.75) is 52.6 Å². The van der Waals surface area contributed by atoms with Crippen molar-refractivity contribution in [1.82, 2.24) is 15.1 Å². The highest BCUT2D eigenvalue weighted by atomic mass is 15.3. The summed E-state index contributed by atoms with van der Waals surface area (Å²) in [5.41, 5.74) is 1.82. The van der Waals surface area contributed by atoms with Crippen molar-refractivity contribution in [1.29, 1.82) is 0 Å². The fourth-order valence-corrected chi connectivity index (χ4v) is 2.38. The monoisotopic (exact) mass is 221 g/mol. The third-order valence-corrected chi connectivity index (χ3v) is 3.62. The lowest BCUT2D eigenvalue weighted by Gasteiger charge is -2.25. The number of nitrogens with zero attached hydrogens (tertiary/aromatic N) is 2. The summed E-state index contributed by atoms with van der Waals surface area (Å²) in [7, 11) is 0. The van der Waals surface area contributed by atoms with E-state index in [1.54, 1.807) is 0 Å². The van der Waals surface area contributed by atoms with E-state index in [0.717, 1.165) is 19.5 Å². The number of hydrogen-bond donors (Lipinski definition) is 1. The lowest BCUT2D eigenvalue weighted by molar-refractivity contribution is 0.347. The van der Waals surface area contributed by atoms with E-state index in [1.807, 2.05) is 6.20 Å². The Morgan fingerprint density at radius 3 is 2.81 bits per heavy atom. The normalized spacial score (nSPS) is 19.7. The van der Waals surface area contributed by atoms with Crippen molar-refractivity contribution in [2.75, 3.05) is 6.54 Å². The summed E-state index contributed by atoms with van der Waals surface area (Å²) in [6.45, 7) is 8.81. The van der Waals surface area contributed by atoms with E-state index < -0.39 is 0 Å². The molecule has 1 heterocycles. The SMILES string of the molecule is CCCn1nccc1C(NCC)C1(C)CC1. The maximum Gasteiger partial charge on any atom is 0.0559 e. The predicted octanol–water partition coefficient (Wildman–Crippen LogP) is 2.74. The van der Waals surface area contributed by atoms with Gasteiger partial charge in [0.15, 0.2) is 0 Å². The van der Waals surface area contributed by atoms with Gasteiger partial charge in [-0.15, -0.1) is 0 Å². The topological polar surface area (TPSA) is 29.9 Å². The first-order valence-corrected chi connectivity index (χ1v) is 6.46.